The highest BCUT2D eigenvalue weighted by Crippen LogP contribution is 2.44. The van der Waals surface area contributed by atoms with Crippen molar-refractivity contribution in [2.24, 2.45) is 5.41 Å². The SMILES string of the molecule is C=Cc1c(/C=C\C)[nH]c(C)c1C1CCC(C)(C)CC1. The third kappa shape index (κ3) is 2.86. The van der Waals surface area contributed by atoms with Crippen LogP contribution in [0.2, 0.25) is 0 Å². The zero-order valence-electron chi connectivity index (χ0n) is 12.8. The number of H-pyrrole nitrogens is 1. The minimum atomic E-state index is 0.529. The molecule has 0 unspecified atom stereocenters. The monoisotopic (exact) mass is 257 g/mol. The summed E-state index contributed by atoms with van der Waals surface area (Å²) in [5.74, 6) is 0.705. The first kappa shape index (κ1) is 14.2. The van der Waals surface area contributed by atoms with Gasteiger partial charge in [0.2, 0.25) is 0 Å². The molecule has 0 atom stereocenters. The normalized spacial score (nSPS) is 20.0. The highest BCUT2D eigenvalue weighted by atomic mass is 14.7. The number of aromatic nitrogens is 1. The van der Waals surface area contributed by atoms with E-state index < -0.39 is 0 Å². The Morgan fingerprint density at radius 2 is 1.89 bits per heavy atom. The third-order valence-corrected chi connectivity index (χ3v) is 4.59. The van der Waals surface area contributed by atoms with Gasteiger partial charge in [-0.25, -0.2) is 0 Å². The smallest absolute Gasteiger partial charge is 0.0455 e. The standard InChI is InChI=1S/C18H27N/c1-6-8-16-15(7-2)17(13(3)19-16)14-9-11-18(4,5)12-10-14/h6-8,14,19H,2,9-12H2,1,3-5H3/b8-6-. The number of aryl methyl sites for hydroxylation is 1. The highest BCUT2D eigenvalue weighted by Gasteiger charge is 2.30. The van der Waals surface area contributed by atoms with Crippen molar-refractivity contribution in [1.29, 1.82) is 0 Å². The molecule has 0 saturated heterocycles. The Kier molecular flexibility index (Phi) is 4.03. The molecule has 1 heterocycles. The average Bonchev–Trinajstić information content (AvgIpc) is 2.66. The van der Waals surface area contributed by atoms with Crippen molar-refractivity contribution in [1.82, 2.24) is 4.98 Å². The first-order chi connectivity index (χ1) is 8.98. The molecule has 1 N–H and O–H groups in total. The molecule has 0 aromatic carbocycles. The predicted octanol–water partition coefficient (Wildman–Crippen LogP) is 5.68. The van der Waals surface area contributed by atoms with Crippen LogP contribution < -0.4 is 0 Å². The van der Waals surface area contributed by atoms with Gasteiger partial charge in [0.25, 0.3) is 0 Å². The molecule has 0 amide bonds. The zero-order valence-corrected chi connectivity index (χ0v) is 12.8. The largest absolute Gasteiger partial charge is 0.358 e. The Morgan fingerprint density at radius 3 is 2.42 bits per heavy atom. The van der Waals surface area contributed by atoms with E-state index in [2.05, 4.69) is 51.4 Å². The van der Waals surface area contributed by atoms with Gasteiger partial charge in [-0.05, 0) is 62.5 Å². The maximum atomic E-state index is 4.02. The van der Waals surface area contributed by atoms with Crippen LogP contribution in [0.5, 0.6) is 0 Å². The van der Waals surface area contributed by atoms with Gasteiger partial charge >= 0.3 is 0 Å². The lowest BCUT2D eigenvalue weighted by Gasteiger charge is -2.34. The number of nitrogens with one attached hydrogen (secondary N) is 1. The second-order valence-corrected chi connectivity index (χ2v) is 6.63. The fraction of sp³-hybridized carbons (Fsp3) is 0.556. The molecule has 0 spiro atoms. The molecule has 1 nitrogen and oxygen atoms in total. The minimum Gasteiger partial charge on any atom is -0.358 e. The summed E-state index contributed by atoms with van der Waals surface area (Å²) in [6.45, 7) is 13.1. The maximum absolute atomic E-state index is 4.02. The summed E-state index contributed by atoms with van der Waals surface area (Å²) in [4.78, 5) is 3.53. The molecular formula is C18H27N. The van der Waals surface area contributed by atoms with Crippen LogP contribution in [0.4, 0.5) is 0 Å². The molecule has 0 aliphatic heterocycles. The van der Waals surface area contributed by atoms with Crippen LogP contribution in [-0.4, -0.2) is 4.98 Å². The Morgan fingerprint density at radius 1 is 1.26 bits per heavy atom. The minimum absolute atomic E-state index is 0.529. The lowest BCUT2D eigenvalue weighted by Crippen LogP contribution is -2.20. The van der Waals surface area contributed by atoms with Crippen LogP contribution in [0.25, 0.3) is 12.2 Å². The molecule has 1 heteroatoms. The van der Waals surface area contributed by atoms with Gasteiger partial charge in [0.05, 0.1) is 0 Å². The summed E-state index contributed by atoms with van der Waals surface area (Å²) in [6, 6.07) is 0. The quantitative estimate of drug-likeness (QED) is 0.716. The van der Waals surface area contributed by atoms with Gasteiger partial charge in [-0.15, -0.1) is 0 Å². The lowest BCUT2D eigenvalue weighted by molar-refractivity contribution is 0.224. The lowest BCUT2D eigenvalue weighted by atomic mass is 9.70. The van der Waals surface area contributed by atoms with Crippen molar-refractivity contribution in [2.75, 3.05) is 0 Å². The second-order valence-electron chi connectivity index (χ2n) is 6.63. The first-order valence-corrected chi connectivity index (χ1v) is 7.46. The van der Waals surface area contributed by atoms with Crippen LogP contribution in [-0.2, 0) is 0 Å². The van der Waals surface area contributed by atoms with E-state index >= 15 is 0 Å². The molecule has 104 valence electrons. The first-order valence-electron chi connectivity index (χ1n) is 7.46. The Balaban J connectivity index is 2.32. The van der Waals surface area contributed by atoms with Crippen LogP contribution in [0, 0.1) is 12.3 Å². The van der Waals surface area contributed by atoms with Gasteiger partial charge in [0, 0.05) is 17.0 Å². The average molecular weight is 257 g/mol. The molecule has 0 radical (unpaired) electrons. The van der Waals surface area contributed by atoms with Crippen molar-refractivity contribution in [2.45, 2.75) is 59.3 Å². The Labute approximate surface area is 117 Å². The fourth-order valence-electron chi connectivity index (χ4n) is 3.42. The van der Waals surface area contributed by atoms with Gasteiger partial charge in [-0.2, -0.15) is 0 Å². The number of hydrogen-bond donors (Lipinski definition) is 1. The Hall–Kier alpha value is -1.24. The van der Waals surface area contributed by atoms with Crippen LogP contribution in [0.3, 0.4) is 0 Å². The zero-order chi connectivity index (χ0) is 14.0. The summed E-state index contributed by atoms with van der Waals surface area (Å²) in [7, 11) is 0. The van der Waals surface area contributed by atoms with Gasteiger partial charge in [-0.1, -0.05) is 32.6 Å². The molecule has 1 aliphatic rings. The van der Waals surface area contributed by atoms with Crippen molar-refractivity contribution in [3.8, 4) is 0 Å². The van der Waals surface area contributed by atoms with E-state index in [1.807, 2.05) is 6.08 Å². The molecule has 1 fully saturated rings. The molecule has 2 rings (SSSR count). The van der Waals surface area contributed by atoms with Crippen molar-refractivity contribution in [3.05, 3.63) is 35.2 Å². The van der Waals surface area contributed by atoms with E-state index in [-0.39, 0.29) is 0 Å². The number of allylic oxidation sites excluding steroid dienone is 1. The maximum Gasteiger partial charge on any atom is 0.0455 e. The van der Waals surface area contributed by atoms with Crippen molar-refractivity contribution < 1.29 is 0 Å². The number of rotatable bonds is 3. The van der Waals surface area contributed by atoms with Gasteiger partial charge in [-0.3, -0.25) is 0 Å². The number of aromatic amines is 1. The second kappa shape index (κ2) is 5.40. The summed E-state index contributed by atoms with van der Waals surface area (Å²) < 4.78 is 0. The summed E-state index contributed by atoms with van der Waals surface area (Å²) in [5.41, 5.74) is 5.91. The fourth-order valence-corrected chi connectivity index (χ4v) is 3.42. The van der Waals surface area contributed by atoms with Crippen molar-refractivity contribution >= 4 is 12.2 Å². The molecule has 1 aromatic rings. The van der Waals surface area contributed by atoms with E-state index in [1.54, 1.807) is 0 Å². The van der Waals surface area contributed by atoms with Gasteiger partial charge in [0.1, 0.15) is 0 Å². The van der Waals surface area contributed by atoms with E-state index in [9.17, 15) is 0 Å². The van der Waals surface area contributed by atoms with E-state index in [0.29, 0.717) is 11.3 Å². The van der Waals surface area contributed by atoms with Crippen LogP contribution in [0.1, 0.15) is 74.9 Å². The van der Waals surface area contributed by atoms with E-state index in [4.69, 9.17) is 0 Å². The molecule has 1 aliphatic carbocycles. The van der Waals surface area contributed by atoms with E-state index in [1.165, 1.54) is 48.2 Å². The van der Waals surface area contributed by atoms with Crippen molar-refractivity contribution in [3.63, 3.8) is 0 Å². The highest BCUT2D eigenvalue weighted by molar-refractivity contribution is 5.67. The predicted molar refractivity (Wildman–Crippen MR) is 85.3 cm³/mol. The molecule has 0 bridgehead atoms. The molecular weight excluding hydrogens is 230 g/mol. The van der Waals surface area contributed by atoms with Gasteiger partial charge < -0.3 is 4.98 Å². The van der Waals surface area contributed by atoms with Crippen LogP contribution in [0.15, 0.2) is 12.7 Å². The summed E-state index contributed by atoms with van der Waals surface area (Å²) in [6.07, 6.45) is 11.5. The summed E-state index contributed by atoms with van der Waals surface area (Å²) >= 11 is 0. The summed E-state index contributed by atoms with van der Waals surface area (Å²) in [5, 5.41) is 0. The van der Waals surface area contributed by atoms with E-state index in [0.717, 1.165) is 0 Å². The Bertz CT molecular complexity index is 478. The van der Waals surface area contributed by atoms with Gasteiger partial charge in [0.15, 0.2) is 0 Å². The number of hydrogen-bond acceptors (Lipinski definition) is 0. The molecule has 1 saturated carbocycles. The van der Waals surface area contributed by atoms with Crippen LogP contribution >= 0.6 is 0 Å². The molecule has 1 aromatic heterocycles. The topological polar surface area (TPSA) is 15.8 Å². The third-order valence-electron chi connectivity index (χ3n) is 4.59. The molecule has 19 heavy (non-hydrogen) atoms.